The van der Waals surface area contributed by atoms with E-state index < -0.39 is 0 Å². The van der Waals surface area contributed by atoms with Gasteiger partial charge in [0.2, 0.25) is 0 Å². The van der Waals surface area contributed by atoms with Crippen LogP contribution < -0.4 is 0 Å². The average molecular weight is 247 g/mol. The van der Waals surface area contributed by atoms with Gasteiger partial charge in [0.15, 0.2) is 0 Å². The topological polar surface area (TPSA) is 28.7 Å². The number of H-pyrrole nitrogens is 1. The molecule has 2 fully saturated rings. The third-order valence-electron chi connectivity index (χ3n) is 4.55. The predicted octanol–water partition coefficient (Wildman–Crippen LogP) is 4.12. The van der Waals surface area contributed by atoms with E-state index in [4.69, 9.17) is 16.6 Å². The average Bonchev–Trinajstić information content (AvgIpc) is 3.01. The van der Waals surface area contributed by atoms with Crippen molar-refractivity contribution in [1.82, 2.24) is 9.97 Å². The fraction of sp³-hybridized carbons (Fsp3) is 0.500. The summed E-state index contributed by atoms with van der Waals surface area (Å²) in [5, 5.41) is 0.778. The molecule has 2 aliphatic rings. The third kappa shape index (κ3) is 1.50. The normalized spacial score (nSPS) is 31.5. The summed E-state index contributed by atoms with van der Waals surface area (Å²) in [5.74, 6) is 3.69. The van der Waals surface area contributed by atoms with E-state index in [1.165, 1.54) is 31.5 Å². The first-order chi connectivity index (χ1) is 8.29. The Kier molecular flexibility index (Phi) is 2.04. The maximum atomic E-state index is 6.00. The Labute approximate surface area is 105 Å². The Morgan fingerprint density at radius 3 is 2.94 bits per heavy atom. The van der Waals surface area contributed by atoms with Crippen LogP contribution in [0.15, 0.2) is 18.2 Å². The van der Waals surface area contributed by atoms with Crippen molar-refractivity contribution in [3.63, 3.8) is 0 Å². The number of benzene rings is 1. The van der Waals surface area contributed by atoms with E-state index >= 15 is 0 Å². The molecular formula is C14H15ClN2. The van der Waals surface area contributed by atoms with E-state index in [2.05, 4.69) is 4.98 Å². The minimum Gasteiger partial charge on any atom is -0.342 e. The molecule has 0 spiro atoms. The second kappa shape index (κ2) is 3.49. The van der Waals surface area contributed by atoms with Gasteiger partial charge in [0.05, 0.1) is 11.0 Å². The van der Waals surface area contributed by atoms with Gasteiger partial charge in [-0.3, -0.25) is 0 Å². The lowest BCUT2D eigenvalue weighted by Gasteiger charge is -2.18. The molecule has 0 aliphatic heterocycles. The lowest BCUT2D eigenvalue weighted by molar-refractivity contribution is 0.408. The van der Waals surface area contributed by atoms with E-state index in [0.29, 0.717) is 5.92 Å². The highest BCUT2D eigenvalue weighted by Gasteiger charge is 2.41. The molecule has 1 heterocycles. The zero-order chi connectivity index (χ0) is 11.4. The monoisotopic (exact) mass is 246 g/mol. The summed E-state index contributed by atoms with van der Waals surface area (Å²) in [6, 6.07) is 5.89. The van der Waals surface area contributed by atoms with E-state index in [1.54, 1.807) is 0 Å². The number of rotatable bonds is 1. The van der Waals surface area contributed by atoms with Crippen LogP contribution in [0.5, 0.6) is 0 Å². The van der Waals surface area contributed by atoms with Crippen molar-refractivity contribution in [2.45, 2.75) is 31.6 Å². The molecule has 2 bridgehead atoms. The minimum atomic E-state index is 0.667. The van der Waals surface area contributed by atoms with Crippen molar-refractivity contribution in [3.05, 3.63) is 29.0 Å². The van der Waals surface area contributed by atoms with Gasteiger partial charge in [-0.2, -0.15) is 0 Å². The number of nitrogens with one attached hydrogen (secondary N) is 1. The molecule has 0 saturated heterocycles. The largest absolute Gasteiger partial charge is 0.342 e. The van der Waals surface area contributed by atoms with Gasteiger partial charge in [-0.05, 0) is 49.3 Å². The summed E-state index contributed by atoms with van der Waals surface area (Å²) in [7, 11) is 0. The van der Waals surface area contributed by atoms with Gasteiger partial charge in [-0.25, -0.2) is 4.98 Å². The van der Waals surface area contributed by atoms with E-state index in [0.717, 1.165) is 27.9 Å². The maximum Gasteiger partial charge on any atom is 0.110 e. The molecule has 1 aromatic heterocycles. The number of fused-ring (bicyclic) bond motifs is 3. The number of hydrogen-bond acceptors (Lipinski definition) is 1. The minimum absolute atomic E-state index is 0.667. The molecule has 2 aromatic rings. The van der Waals surface area contributed by atoms with Crippen LogP contribution in [0.25, 0.3) is 11.0 Å². The highest BCUT2D eigenvalue weighted by Crippen LogP contribution is 2.52. The zero-order valence-corrected chi connectivity index (χ0v) is 10.4. The van der Waals surface area contributed by atoms with Gasteiger partial charge in [0, 0.05) is 10.9 Å². The summed E-state index contributed by atoms with van der Waals surface area (Å²) in [6.45, 7) is 0. The highest BCUT2D eigenvalue weighted by molar-refractivity contribution is 6.31. The lowest BCUT2D eigenvalue weighted by atomic mass is 9.88. The number of aromatic amines is 1. The SMILES string of the molecule is Clc1ccc2nc(C3CC4CCC3C4)[nH]c2c1. The summed E-state index contributed by atoms with van der Waals surface area (Å²) >= 11 is 6.00. The lowest BCUT2D eigenvalue weighted by Crippen LogP contribution is -2.09. The third-order valence-corrected chi connectivity index (χ3v) is 4.79. The van der Waals surface area contributed by atoms with E-state index in [9.17, 15) is 0 Å². The van der Waals surface area contributed by atoms with Crippen LogP contribution in [-0.2, 0) is 0 Å². The molecule has 1 aromatic carbocycles. The summed E-state index contributed by atoms with van der Waals surface area (Å²) < 4.78 is 0. The molecule has 1 N–H and O–H groups in total. The number of halogens is 1. The standard InChI is InChI=1S/C14H15ClN2/c15-10-3-4-12-13(7-10)17-14(16-12)11-6-8-1-2-9(11)5-8/h3-4,7-9,11H,1-2,5-6H2,(H,16,17). The first-order valence-corrected chi connectivity index (χ1v) is 6.82. The second-order valence-electron chi connectivity index (χ2n) is 5.56. The number of imidazole rings is 1. The van der Waals surface area contributed by atoms with E-state index in [1.807, 2.05) is 18.2 Å². The number of aromatic nitrogens is 2. The van der Waals surface area contributed by atoms with Gasteiger partial charge < -0.3 is 4.98 Å². The van der Waals surface area contributed by atoms with Crippen LogP contribution in [0, 0.1) is 11.8 Å². The fourth-order valence-electron chi connectivity index (χ4n) is 3.76. The highest BCUT2D eigenvalue weighted by atomic mass is 35.5. The van der Waals surface area contributed by atoms with Crippen molar-refractivity contribution in [3.8, 4) is 0 Å². The predicted molar refractivity (Wildman–Crippen MR) is 69.3 cm³/mol. The van der Waals surface area contributed by atoms with Crippen LogP contribution in [0.3, 0.4) is 0 Å². The number of hydrogen-bond donors (Lipinski definition) is 1. The summed E-state index contributed by atoms with van der Waals surface area (Å²) in [5.41, 5.74) is 2.13. The van der Waals surface area contributed by atoms with Gasteiger partial charge in [0.25, 0.3) is 0 Å². The fourth-order valence-corrected chi connectivity index (χ4v) is 3.93. The molecule has 2 aliphatic carbocycles. The first-order valence-electron chi connectivity index (χ1n) is 6.45. The molecule has 2 saturated carbocycles. The van der Waals surface area contributed by atoms with Crippen molar-refractivity contribution in [2.24, 2.45) is 11.8 Å². The quantitative estimate of drug-likeness (QED) is 0.806. The van der Waals surface area contributed by atoms with Gasteiger partial charge in [0.1, 0.15) is 5.82 Å². The molecular weight excluding hydrogens is 232 g/mol. The molecule has 4 rings (SSSR count). The Morgan fingerprint density at radius 2 is 2.18 bits per heavy atom. The van der Waals surface area contributed by atoms with Gasteiger partial charge in [-0.1, -0.05) is 18.0 Å². The summed E-state index contributed by atoms with van der Waals surface area (Å²) in [4.78, 5) is 8.21. The maximum absolute atomic E-state index is 6.00. The first kappa shape index (κ1) is 9.95. The van der Waals surface area contributed by atoms with Crippen LogP contribution in [-0.4, -0.2) is 9.97 Å². The zero-order valence-electron chi connectivity index (χ0n) is 9.62. The number of nitrogens with zero attached hydrogens (tertiary/aromatic N) is 1. The Balaban J connectivity index is 1.76. The van der Waals surface area contributed by atoms with Crippen LogP contribution in [0.2, 0.25) is 5.02 Å². The smallest absolute Gasteiger partial charge is 0.110 e. The van der Waals surface area contributed by atoms with Gasteiger partial charge in [-0.15, -0.1) is 0 Å². The van der Waals surface area contributed by atoms with E-state index in [-0.39, 0.29) is 0 Å². The summed E-state index contributed by atoms with van der Waals surface area (Å²) in [6.07, 6.45) is 5.58. The van der Waals surface area contributed by atoms with Crippen LogP contribution >= 0.6 is 11.6 Å². The van der Waals surface area contributed by atoms with Crippen LogP contribution in [0.1, 0.15) is 37.4 Å². The molecule has 2 nitrogen and oxygen atoms in total. The molecule has 0 radical (unpaired) electrons. The molecule has 3 atom stereocenters. The van der Waals surface area contributed by atoms with Gasteiger partial charge >= 0.3 is 0 Å². The van der Waals surface area contributed by atoms with Crippen molar-refractivity contribution in [1.29, 1.82) is 0 Å². The second-order valence-corrected chi connectivity index (χ2v) is 6.00. The molecule has 88 valence electrons. The van der Waals surface area contributed by atoms with Crippen LogP contribution in [0.4, 0.5) is 0 Å². The van der Waals surface area contributed by atoms with Crippen molar-refractivity contribution >= 4 is 22.6 Å². The molecule has 3 heteroatoms. The Bertz CT molecular complexity index is 575. The Hall–Kier alpha value is -1.02. The molecule has 17 heavy (non-hydrogen) atoms. The molecule has 0 amide bonds. The Morgan fingerprint density at radius 1 is 1.24 bits per heavy atom. The van der Waals surface area contributed by atoms with Crippen molar-refractivity contribution in [2.75, 3.05) is 0 Å². The molecule has 3 unspecified atom stereocenters. The van der Waals surface area contributed by atoms with Crippen molar-refractivity contribution < 1.29 is 0 Å².